The molecule has 0 atom stereocenters. The second kappa shape index (κ2) is 5.62. The van der Waals surface area contributed by atoms with Gasteiger partial charge in [-0.05, 0) is 29.7 Å². The van der Waals surface area contributed by atoms with E-state index in [1.807, 2.05) is 42.5 Å². The van der Waals surface area contributed by atoms with E-state index in [1.165, 1.54) is 0 Å². The summed E-state index contributed by atoms with van der Waals surface area (Å²) in [5.41, 5.74) is 1.77. The number of amides is 1. The highest BCUT2D eigenvalue weighted by Gasteiger charge is 2.13. The minimum absolute atomic E-state index is 0.0783. The number of nitrogens with zero attached hydrogens (tertiary/aromatic N) is 1. The summed E-state index contributed by atoms with van der Waals surface area (Å²) < 4.78 is 0. The van der Waals surface area contributed by atoms with Crippen molar-refractivity contribution in [1.82, 2.24) is 9.97 Å². The lowest BCUT2D eigenvalue weighted by Gasteiger charge is -2.08. The number of carbonyl (C=O) groups excluding carboxylic acids is 1. The Balaban J connectivity index is 1.76. The molecule has 4 rings (SSSR count). The van der Waals surface area contributed by atoms with E-state index in [9.17, 15) is 9.59 Å². The molecule has 4 aromatic rings. The Bertz CT molecular complexity index is 1130. The zero-order valence-electron chi connectivity index (χ0n) is 12.6. The Morgan fingerprint density at radius 3 is 2.71 bits per heavy atom. The molecule has 0 fully saturated rings. The van der Waals surface area contributed by atoms with E-state index >= 15 is 0 Å². The van der Waals surface area contributed by atoms with Crippen LogP contribution in [0.5, 0.6) is 0 Å². The minimum Gasteiger partial charge on any atom is -0.321 e. The van der Waals surface area contributed by atoms with Crippen LogP contribution in [-0.2, 0) is 0 Å². The number of aromatic nitrogens is 2. The number of anilines is 1. The van der Waals surface area contributed by atoms with Gasteiger partial charge in [-0.1, -0.05) is 36.4 Å². The number of nitrogens with one attached hydrogen (secondary N) is 2. The topological polar surface area (TPSA) is 74.8 Å². The molecule has 0 saturated carbocycles. The number of pyridine rings is 2. The quantitative estimate of drug-likeness (QED) is 0.596. The number of hydrogen-bond acceptors (Lipinski definition) is 3. The number of fused-ring (bicyclic) bond motifs is 2. The van der Waals surface area contributed by atoms with Crippen LogP contribution in [0, 0.1) is 0 Å². The smallest absolute Gasteiger partial charge is 0.261 e. The molecule has 0 bridgehead atoms. The van der Waals surface area contributed by atoms with Gasteiger partial charge in [0, 0.05) is 17.1 Å². The molecule has 0 aliphatic heterocycles. The van der Waals surface area contributed by atoms with Gasteiger partial charge >= 0.3 is 0 Å². The number of aromatic amines is 1. The van der Waals surface area contributed by atoms with E-state index in [-0.39, 0.29) is 5.56 Å². The van der Waals surface area contributed by atoms with Crippen molar-refractivity contribution in [2.24, 2.45) is 0 Å². The first-order valence-electron chi connectivity index (χ1n) is 7.49. The van der Waals surface area contributed by atoms with E-state index in [0.29, 0.717) is 11.2 Å². The molecule has 116 valence electrons. The fraction of sp³-hybridized carbons (Fsp3) is 0. The van der Waals surface area contributed by atoms with Crippen molar-refractivity contribution in [3.8, 4) is 0 Å². The number of hydrogen-bond donors (Lipinski definition) is 2. The lowest BCUT2D eigenvalue weighted by Crippen LogP contribution is -2.23. The Kier molecular flexibility index (Phi) is 3.31. The van der Waals surface area contributed by atoms with Gasteiger partial charge in [0.1, 0.15) is 5.56 Å². The molecule has 2 heterocycles. The van der Waals surface area contributed by atoms with Gasteiger partial charge in [0.2, 0.25) is 0 Å². The molecule has 0 radical (unpaired) electrons. The van der Waals surface area contributed by atoms with Gasteiger partial charge in [-0.25, -0.2) is 0 Å². The summed E-state index contributed by atoms with van der Waals surface area (Å²) in [6.45, 7) is 0. The molecule has 2 N–H and O–H groups in total. The molecule has 0 saturated heterocycles. The molecule has 0 spiro atoms. The number of H-pyrrole nitrogens is 1. The lowest BCUT2D eigenvalue weighted by atomic mass is 10.1. The fourth-order valence-electron chi connectivity index (χ4n) is 2.71. The number of benzene rings is 2. The van der Waals surface area contributed by atoms with Gasteiger partial charge in [-0.3, -0.25) is 14.6 Å². The third-order valence-electron chi connectivity index (χ3n) is 3.90. The molecular weight excluding hydrogens is 302 g/mol. The summed E-state index contributed by atoms with van der Waals surface area (Å²) in [6.07, 6.45) is 1.63. The van der Waals surface area contributed by atoms with E-state index in [1.54, 1.807) is 24.4 Å². The predicted octanol–water partition coefficient (Wildman–Crippen LogP) is 3.33. The SMILES string of the molecule is O=C(Nc1ccnc2ccccc12)c1cc2ccccc2[nH]c1=O. The molecule has 5 nitrogen and oxygen atoms in total. The summed E-state index contributed by atoms with van der Waals surface area (Å²) >= 11 is 0. The van der Waals surface area contributed by atoms with Crippen LogP contribution in [0.25, 0.3) is 21.8 Å². The molecule has 24 heavy (non-hydrogen) atoms. The fourth-order valence-corrected chi connectivity index (χ4v) is 2.71. The Hall–Kier alpha value is -3.47. The summed E-state index contributed by atoms with van der Waals surface area (Å²) in [5, 5.41) is 4.44. The highest BCUT2D eigenvalue weighted by atomic mass is 16.2. The largest absolute Gasteiger partial charge is 0.321 e. The third kappa shape index (κ3) is 2.42. The maximum absolute atomic E-state index is 12.6. The van der Waals surface area contributed by atoms with Crippen molar-refractivity contribution < 1.29 is 4.79 Å². The van der Waals surface area contributed by atoms with Crippen LogP contribution >= 0.6 is 0 Å². The zero-order chi connectivity index (χ0) is 16.5. The predicted molar refractivity (Wildman–Crippen MR) is 94.3 cm³/mol. The Labute approximate surface area is 137 Å². The van der Waals surface area contributed by atoms with Crippen LogP contribution < -0.4 is 10.9 Å². The maximum atomic E-state index is 12.6. The van der Waals surface area contributed by atoms with Crippen molar-refractivity contribution in [3.05, 3.63) is 82.8 Å². The minimum atomic E-state index is -0.446. The van der Waals surface area contributed by atoms with Crippen LogP contribution in [0.2, 0.25) is 0 Å². The molecule has 2 aromatic carbocycles. The summed E-state index contributed by atoms with van der Waals surface area (Å²) in [7, 11) is 0. The van der Waals surface area contributed by atoms with Crippen molar-refractivity contribution in [1.29, 1.82) is 0 Å². The summed E-state index contributed by atoms with van der Waals surface area (Å²) in [6, 6.07) is 18.2. The monoisotopic (exact) mass is 315 g/mol. The van der Waals surface area contributed by atoms with Crippen LogP contribution in [0.15, 0.2) is 71.7 Å². The highest BCUT2D eigenvalue weighted by Crippen LogP contribution is 2.21. The van der Waals surface area contributed by atoms with Gasteiger partial charge in [0.05, 0.1) is 11.2 Å². The van der Waals surface area contributed by atoms with E-state index in [0.717, 1.165) is 16.3 Å². The average Bonchev–Trinajstić information content (AvgIpc) is 2.61. The highest BCUT2D eigenvalue weighted by molar-refractivity contribution is 6.09. The number of para-hydroxylation sites is 2. The van der Waals surface area contributed by atoms with Crippen molar-refractivity contribution >= 4 is 33.4 Å². The normalized spacial score (nSPS) is 10.8. The molecule has 0 aliphatic rings. The molecule has 0 aliphatic carbocycles. The zero-order valence-corrected chi connectivity index (χ0v) is 12.6. The standard InChI is InChI=1S/C19H13N3O2/c23-18-14(11-12-5-1-3-7-15(12)21-18)19(24)22-17-9-10-20-16-8-4-2-6-13(16)17/h1-11H,(H,21,23)(H,20,22,24). The van der Waals surface area contributed by atoms with Crippen LogP contribution in [-0.4, -0.2) is 15.9 Å². The van der Waals surface area contributed by atoms with Gasteiger partial charge < -0.3 is 10.3 Å². The second-order valence-corrected chi connectivity index (χ2v) is 5.43. The van der Waals surface area contributed by atoms with Crippen LogP contribution in [0.3, 0.4) is 0 Å². The maximum Gasteiger partial charge on any atom is 0.261 e. The molecule has 2 aromatic heterocycles. The third-order valence-corrected chi connectivity index (χ3v) is 3.90. The summed E-state index contributed by atoms with van der Waals surface area (Å²) in [5.74, 6) is -0.446. The van der Waals surface area contributed by atoms with Crippen molar-refractivity contribution in [2.75, 3.05) is 5.32 Å². The summed E-state index contributed by atoms with van der Waals surface area (Å²) in [4.78, 5) is 31.8. The van der Waals surface area contributed by atoms with Gasteiger partial charge in [0.15, 0.2) is 0 Å². The van der Waals surface area contributed by atoms with E-state index in [4.69, 9.17) is 0 Å². The number of rotatable bonds is 2. The first kappa shape index (κ1) is 14.1. The van der Waals surface area contributed by atoms with E-state index in [2.05, 4.69) is 15.3 Å². The first-order chi connectivity index (χ1) is 11.7. The van der Waals surface area contributed by atoms with Crippen LogP contribution in [0.1, 0.15) is 10.4 Å². The number of carbonyl (C=O) groups is 1. The van der Waals surface area contributed by atoms with Crippen molar-refractivity contribution in [3.63, 3.8) is 0 Å². The Morgan fingerprint density at radius 2 is 1.79 bits per heavy atom. The van der Waals surface area contributed by atoms with Crippen LogP contribution in [0.4, 0.5) is 5.69 Å². The van der Waals surface area contributed by atoms with Gasteiger partial charge in [-0.2, -0.15) is 0 Å². The molecule has 5 heteroatoms. The average molecular weight is 315 g/mol. The first-order valence-corrected chi connectivity index (χ1v) is 7.49. The van der Waals surface area contributed by atoms with Gasteiger partial charge in [0.25, 0.3) is 11.5 Å². The molecule has 0 unspecified atom stereocenters. The van der Waals surface area contributed by atoms with Crippen molar-refractivity contribution in [2.45, 2.75) is 0 Å². The molecule has 1 amide bonds. The lowest BCUT2D eigenvalue weighted by molar-refractivity contribution is 0.102. The second-order valence-electron chi connectivity index (χ2n) is 5.43. The molecular formula is C19H13N3O2. The van der Waals surface area contributed by atoms with Gasteiger partial charge in [-0.15, -0.1) is 0 Å². The Morgan fingerprint density at radius 1 is 1.00 bits per heavy atom. The van der Waals surface area contributed by atoms with E-state index < -0.39 is 11.5 Å².